The first-order chi connectivity index (χ1) is 8.20. The van der Waals surface area contributed by atoms with Crippen molar-refractivity contribution in [3.05, 3.63) is 48.0 Å². The molecule has 0 fully saturated rings. The largest absolute Gasteiger partial charge is 0.343 e. The predicted molar refractivity (Wildman–Crippen MR) is 65.2 cm³/mol. The van der Waals surface area contributed by atoms with Gasteiger partial charge in [-0.3, -0.25) is 0 Å². The average molecular weight is 227 g/mol. The Bertz CT molecular complexity index is 691. The fraction of sp³-hybridized carbons (Fsp3) is 0.231. The molecule has 2 aromatic heterocycles. The molecule has 0 atom stereocenters. The Balaban J connectivity index is 2.41. The number of para-hydroxylation sites is 1. The van der Waals surface area contributed by atoms with E-state index in [2.05, 4.69) is 63.9 Å². The first kappa shape index (κ1) is 10.1. The molecule has 0 aliphatic rings. The molecule has 0 saturated carbocycles. The Morgan fingerprint density at radius 1 is 1.18 bits per heavy atom. The van der Waals surface area contributed by atoms with Crippen LogP contribution >= 0.6 is 0 Å². The lowest BCUT2D eigenvalue weighted by Gasteiger charge is -2.05. The normalized spacial score (nSPS) is 11.2. The molecule has 86 valence electrons. The van der Waals surface area contributed by atoms with E-state index in [-0.39, 0.29) is 0 Å². The third-order valence-electron chi connectivity index (χ3n) is 3.27. The third-order valence-corrected chi connectivity index (χ3v) is 3.27. The van der Waals surface area contributed by atoms with E-state index in [1.807, 2.05) is 12.4 Å². The summed E-state index contributed by atoms with van der Waals surface area (Å²) in [4.78, 5) is 4.42. The van der Waals surface area contributed by atoms with Gasteiger partial charge in [-0.15, -0.1) is 4.68 Å². The molecule has 0 spiro atoms. The lowest BCUT2D eigenvalue weighted by atomic mass is 10.2. The SMILES string of the molecule is Cc1ccccc1-n1c2nccn2c(C)[n+]1C. The van der Waals surface area contributed by atoms with Gasteiger partial charge in [0.25, 0.3) is 5.82 Å². The monoisotopic (exact) mass is 227 g/mol. The van der Waals surface area contributed by atoms with Gasteiger partial charge in [-0.05, 0) is 18.6 Å². The molecular weight excluding hydrogens is 212 g/mol. The second-order valence-electron chi connectivity index (χ2n) is 4.27. The van der Waals surface area contributed by atoms with Crippen LogP contribution in [0.4, 0.5) is 0 Å². The first-order valence-corrected chi connectivity index (χ1v) is 5.67. The summed E-state index contributed by atoms with van der Waals surface area (Å²) in [6.45, 7) is 4.20. The zero-order valence-electron chi connectivity index (χ0n) is 10.3. The summed E-state index contributed by atoms with van der Waals surface area (Å²) in [6, 6.07) is 8.34. The van der Waals surface area contributed by atoms with Crippen molar-refractivity contribution in [1.82, 2.24) is 14.1 Å². The number of imidazole rings is 1. The van der Waals surface area contributed by atoms with E-state index in [9.17, 15) is 0 Å². The van der Waals surface area contributed by atoms with Crippen LogP contribution in [0.25, 0.3) is 11.5 Å². The van der Waals surface area contributed by atoms with E-state index in [0.29, 0.717) is 0 Å². The highest BCUT2D eigenvalue weighted by molar-refractivity contribution is 5.45. The summed E-state index contributed by atoms with van der Waals surface area (Å²) in [5, 5.41) is 0. The summed E-state index contributed by atoms with van der Waals surface area (Å²) < 4.78 is 6.34. The molecule has 0 amide bonds. The van der Waals surface area contributed by atoms with Gasteiger partial charge in [-0.25, -0.2) is 0 Å². The van der Waals surface area contributed by atoms with Crippen LogP contribution in [0.2, 0.25) is 0 Å². The molecule has 2 heterocycles. The molecule has 0 bridgehead atoms. The minimum atomic E-state index is 0.944. The van der Waals surface area contributed by atoms with Crippen molar-refractivity contribution >= 4 is 5.78 Å². The van der Waals surface area contributed by atoms with Crippen LogP contribution in [0, 0.1) is 13.8 Å². The molecule has 17 heavy (non-hydrogen) atoms. The van der Waals surface area contributed by atoms with Crippen LogP contribution in [-0.4, -0.2) is 14.1 Å². The standard InChI is InChI=1S/C13H15N4/c1-10-6-4-5-7-12(10)17-13-14-8-9-16(13)11(2)15(17)3/h4-9H,1-3H3/q+1. The maximum atomic E-state index is 4.42. The molecule has 1 aromatic carbocycles. The van der Waals surface area contributed by atoms with Crippen LogP contribution in [0.5, 0.6) is 0 Å². The topological polar surface area (TPSA) is 26.1 Å². The van der Waals surface area contributed by atoms with E-state index in [1.165, 1.54) is 11.3 Å². The van der Waals surface area contributed by atoms with E-state index in [1.54, 1.807) is 0 Å². The molecule has 3 rings (SSSR count). The molecule has 0 aliphatic carbocycles. The Morgan fingerprint density at radius 3 is 2.71 bits per heavy atom. The van der Waals surface area contributed by atoms with Gasteiger partial charge in [0.1, 0.15) is 13.2 Å². The Hall–Kier alpha value is -2.10. The number of nitrogens with zero attached hydrogens (tertiary/aromatic N) is 4. The van der Waals surface area contributed by atoms with Gasteiger partial charge in [-0.1, -0.05) is 18.2 Å². The maximum Gasteiger partial charge on any atom is 0.343 e. The molecule has 0 unspecified atom stereocenters. The van der Waals surface area contributed by atoms with Crippen LogP contribution < -0.4 is 4.68 Å². The van der Waals surface area contributed by atoms with Gasteiger partial charge >= 0.3 is 5.78 Å². The van der Waals surface area contributed by atoms with Crippen LogP contribution in [0.1, 0.15) is 11.4 Å². The lowest BCUT2D eigenvalue weighted by molar-refractivity contribution is -0.749. The molecule has 3 aromatic rings. The number of rotatable bonds is 1. The number of hydrogen-bond acceptors (Lipinski definition) is 1. The summed E-state index contributed by atoms with van der Waals surface area (Å²) >= 11 is 0. The molecule has 0 radical (unpaired) electrons. The Labute approximate surface area is 99.7 Å². The van der Waals surface area contributed by atoms with Crippen molar-refractivity contribution in [2.75, 3.05) is 0 Å². The number of hydrogen-bond donors (Lipinski definition) is 0. The van der Waals surface area contributed by atoms with Crippen molar-refractivity contribution in [1.29, 1.82) is 0 Å². The van der Waals surface area contributed by atoms with Gasteiger partial charge in [0, 0.05) is 6.92 Å². The smallest absolute Gasteiger partial charge is 0.194 e. The highest BCUT2D eigenvalue weighted by atomic mass is 15.5. The number of aryl methyl sites for hydroxylation is 2. The molecule has 4 heteroatoms. The van der Waals surface area contributed by atoms with Crippen LogP contribution in [-0.2, 0) is 7.05 Å². The van der Waals surface area contributed by atoms with Crippen LogP contribution in [0.3, 0.4) is 0 Å². The second-order valence-corrected chi connectivity index (χ2v) is 4.27. The molecular formula is C13H15N4+. The fourth-order valence-corrected chi connectivity index (χ4v) is 2.21. The zero-order valence-corrected chi connectivity index (χ0v) is 10.3. The van der Waals surface area contributed by atoms with Crippen molar-refractivity contribution < 1.29 is 4.68 Å². The fourth-order valence-electron chi connectivity index (χ4n) is 2.21. The summed E-state index contributed by atoms with van der Waals surface area (Å²) in [6.07, 6.45) is 3.82. The Morgan fingerprint density at radius 2 is 1.94 bits per heavy atom. The van der Waals surface area contributed by atoms with Crippen molar-refractivity contribution in [2.45, 2.75) is 13.8 Å². The van der Waals surface area contributed by atoms with E-state index in [0.717, 1.165) is 11.6 Å². The predicted octanol–water partition coefficient (Wildman–Crippen LogP) is 1.57. The third kappa shape index (κ3) is 1.30. The van der Waals surface area contributed by atoms with Gasteiger partial charge < -0.3 is 0 Å². The summed E-state index contributed by atoms with van der Waals surface area (Å²) in [7, 11) is 2.05. The Kier molecular flexibility index (Phi) is 2.04. The number of benzene rings is 1. The van der Waals surface area contributed by atoms with Gasteiger partial charge in [-0.2, -0.15) is 14.1 Å². The van der Waals surface area contributed by atoms with E-state index < -0.39 is 0 Å². The minimum absolute atomic E-state index is 0.944. The zero-order chi connectivity index (χ0) is 12.0. The van der Waals surface area contributed by atoms with Crippen LogP contribution in [0.15, 0.2) is 36.7 Å². The highest BCUT2D eigenvalue weighted by Gasteiger charge is 2.21. The van der Waals surface area contributed by atoms with E-state index in [4.69, 9.17) is 0 Å². The summed E-state index contributed by atoms with van der Waals surface area (Å²) in [5.41, 5.74) is 2.41. The summed E-state index contributed by atoms with van der Waals surface area (Å²) in [5.74, 6) is 2.10. The lowest BCUT2D eigenvalue weighted by Crippen LogP contribution is -2.40. The number of aromatic nitrogens is 4. The molecule has 0 aliphatic heterocycles. The maximum absolute atomic E-state index is 4.42. The van der Waals surface area contributed by atoms with Crippen molar-refractivity contribution in [2.24, 2.45) is 7.05 Å². The van der Waals surface area contributed by atoms with Crippen molar-refractivity contribution in [3.63, 3.8) is 0 Å². The van der Waals surface area contributed by atoms with Gasteiger partial charge in [0.15, 0.2) is 0 Å². The minimum Gasteiger partial charge on any atom is -0.194 e. The number of fused-ring (bicyclic) bond motifs is 1. The van der Waals surface area contributed by atoms with Gasteiger partial charge in [0.2, 0.25) is 0 Å². The van der Waals surface area contributed by atoms with Gasteiger partial charge in [0.05, 0.1) is 11.9 Å². The first-order valence-electron chi connectivity index (χ1n) is 5.67. The molecule has 4 nitrogen and oxygen atoms in total. The second kappa shape index (κ2) is 3.45. The van der Waals surface area contributed by atoms with E-state index >= 15 is 0 Å². The molecule has 0 N–H and O–H groups in total. The highest BCUT2D eigenvalue weighted by Crippen LogP contribution is 2.14. The van der Waals surface area contributed by atoms with Crippen molar-refractivity contribution in [3.8, 4) is 5.69 Å². The molecule has 0 saturated heterocycles. The average Bonchev–Trinajstić information content (AvgIpc) is 2.86. The quantitative estimate of drug-likeness (QED) is 0.579.